The summed E-state index contributed by atoms with van der Waals surface area (Å²) in [5, 5.41) is 1.18. The van der Waals surface area contributed by atoms with Crippen molar-refractivity contribution < 1.29 is 9.53 Å². The highest BCUT2D eigenvalue weighted by molar-refractivity contribution is 6.29. The van der Waals surface area contributed by atoms with Crippen LogP contribution in [0.25, 0.3) is 10.9 Å². The number of hydrogen-bond donors (Lipinski definition) is 0. The van der Waals surface area contributed by atoms with Gasteiger partial charge in [0.25, 0.3) is 0 Å². The average Bonchev–Trinajstić information content (AvgIpc) is 2.53. The molecule has 0 N–H and O–H groups in total. The van der Waals surface area contributed by atoms with Crippen LogP contribution in [-0.4, -0.2) is 15.9 Å². The largest absolute Gasteiger partial charge is 0.457 e. The maximum absolute atomic E-state index is 12.2. The normalized spacial score (nSPS) is 10.5. The predicted octanol–water partition coefficient (Wildman–Crippen LogP) is 3.64. The monoisotopic (exact) mass is 298 g/mol. The van der Waals surface area contributed by atoms with E-state index in [0.717, 1.165) is 16.5 Å². The number of rotatable bonds is 3. The number of hydrogen-bond acceptors (Lipinski definition) is 4. The number of pyridine rings is 2. The summed E-state index contributed by atoms with van der Waals surface area (Å²) in [6.45, 7) is 0.152. The first-order valence-corrected chi connectivity index (χ1v) is 6.73. The molecule has 0 aliphatic carbocycles. The fraction of sp³-hybridized carbons (Fsp3) is 0.0625. The van der Waals surface area contributed by atoms with Crippen molar-refractivity contribution in [1.82, 2.24) is 9.97 Å². The molecular weight excluding hydrogens is 288 g/mol. The molecule has 3 rings (SSSR count). The molecule has 0 fully saturated rings. The molecule has 1 aromatic carbocycles. The van der Waals surface area contributed by atoms with Crippen molar-refractivity contribution in [3.05, 3.63) is 71.1 Å². The second-order valence-corrected chi connectivity index (χ2v) is 4.83. The van der Waals surface area contributed by atoms with E-state index in [1.165, 1.54) is 0 Å². The topological polar surface area (TPSA) is 52.1 Å². The summed E-state index contributed by atoms with van der Waals surface area (Å²) in [6.07, 6.45) is 3.18. The van der Waals surface area contributed by atoms with Crippen molar-refractivity contribution in [2.75, 3.05) is 0 Å². The molecule has 5 heteroatoms. The molecule has 21 heavy (non-hydrogen) atoms. The van der Waals surface area contributed by atoms with E-state index in [1.807, 2.05) is 24.3 Å². The zero-order valence-electron chi connectivity index (χ0n) is 11.0. The second-order valence-electron chi connectivity index (χ2n) is 4.44. The molecule has 104 valence electrons. The molecule has 3 aromatic rings. The van der Waals surface area contributed by atoms with E-state index >= 15 is 0 Å². The maximum atomic E-state index is 12.2. The van der Waals surface area contributed by atoms with Crippen molar-refractivity contribution in [2.45, 2.75) is 6.61 Å². The molecule has 0 atom stereocenters. The summed E-state index contributed by atoms with van der Waals surface area (Å²) in [5.74, 6) is -0.386. The van der Waals surface area contributed by atoms with Crippen LogP contribution in [0.15, 0.2) is 54.9 Å². The van der Waals surface area contributed by atoms with Gasteiger partial charge in [0.05, 0.1) is 11.1 Å². The first kappa shape index (κ1) is 13.5. The van der Waals surface area contributed by atoms with Crippen LogP contribution in [0.3, 0.4) is 0 Å². The van der Waals surface area contributed by atoms with E-state index in [0.29, 0.717) is 10.7 Å². The minimum atomic E-state index is -0.386. The molecule has 2 heterocycles. The Morgan fingerprint density at radius 1 is 1.10 bits per heavy atom. The number of ether oxygens (including phenoxy) is 1. The van der Waals surface area contributed by atoms with E-state index < -0.39 is 0 Å². The van der Waals surface area contributed by atoms with Gasteiger partial charge in [0.2, 0.25) is 0 Å². The number of nitrogens with zero attached hydrogens (tertiary/aromatic N) is 2. The molecule has 2 aromatic heterocycles. The lowest BCUT2D eigenvalue weighted by molar-refractivity contribution is 0.0474. The van der Waals surface area contributed by atoms with Crippen LogP contribution < -0.4 is 0 Å². The Kier molecular flexibility index (Phi) is 3.79. The Bertz CT molecular complexity index is 782. The first-order valence-electron chi connectivity index (χ1n) is 6.35. The van der Waals surface area contributed by atoms with Crippen molar-refractivity contribution in [1.29, 1.82) is 0 Å². The summed E-state index contributed by atoms with van der Waals surface area (Å²) < 4.78 is 5.31. The van der Waals surface area contributed by atoms with E-state index in [2.05, 4.69) is 9.97 Å². The number of para-hydroxylation sites is 1. The van der Waals surface area contributed by atoms with E-state index in [1.54, 1.807) is 30.6 Å². The molecule has 0 saturated heterocycles. The Morgan fingerprint density at radius 2 is 1.95 bits per heavy atom. The van der Waals surface area contributed by atoms with Crippen LogP contribution in [-0.2, 0) is 11.3 Å². The Labute approximate surface area is 126 Å². The highest BCUT2D eigenvalue weighted by Gasteiger charge is 2.11. The zero-order valence-corrected chi connectivity index (χ0v) is 11.7. The lowest BCUT2D eigenvalue weighted by Crippen LogP contribution is -2.06. The third kappa shape index (κ3) is 3.01. The van der Waals surface area contributed by atoms with Gasteiger partial charge < -0.3 is 4.74 Å². The Balaban J connectivity index is 1.79. The number of halogens is 1. The van der Waals surface area contributed by atoms with Crippen molar-refractivity contribution >= 4 is 28.5 Å². The van der Waals surface area contributed by atoms with Crippen LogP contribution in [0, 0.1) is 0 Å². The predicted molar refractivity (Wildman–Crippen MR) is 80.1 cm³/mol. The fourth-order valence-corrected chi connectivity index (χ4v) is 2.10. The number of esters is 1. The molecule has 0 spiro atoms. The molecule has 0 bridgehead atoms. The summed E-state index contributed by atoms with van der Waals surface area (Å²) >= 11 is 5.71. The summed E-state index contributed by atoms with van der Waals surface area (Å²) in [4.78, 5) is 20.4. The number of benzene rings is 1. The minimum Gasteiger partial charge on any atom is -0.457 e. The molecule has 0 saturated carbocycles. The number of carbonyl (C=O) groups excluding carboxylic acids is 1. The smallest absolute Gasteiger partial charge is 0.339 e. The van der Waals surface area contributed by atoms with Gasteiger partial charge in [-0.2, -0.15) is 0 Å². The van der Waals surface area contributed by atoms with Crippen molar-refractivity contribution in [3.63, 3.8) is 0 Å². The average molecular weight is 299 g/mol. The highest BCUT2D eigenvalue weighted by Crippen LogP contribution is 2.17. The molecule has 0 amide bonds. The summed E-state index contributed by atoms with van der Waals surface area (Å²) in [7, 11) is 0. The highest BCUT2D eigenvalue weighted by atomic mass is 35.5. The summed E-state index contributed by atoms with van der Waals surface area (Å²) in [5.41, 5.74) is 2.05. The summed E-state index contributed by atoms with van der Waals surface area (Å²) in [6, 6.07) is 12.5. The SMILES string of the molecule is O=C(OCc1ccc(Cl)nc1)c1ccnc2ccccc12. The Morgan fingerprint density at radius 3 is 2.76 bits per heavy atom. The Hall–Kier alpha value is -2.46. The quantitative estimate of drug-likeness (QED) is 0.547. The van der Waals surface area contributed by atoms with Gasteiger partial charge in [0.15, 0.2) is 0 Å². The van der Waals surface area contributed by atoms with Gasteiger partial charge in [-0.05, 0) is 18.2 Å². The lowest BCUT2D eigenvalue weighted by Gasteiger charge is -2.07. The van der Waals surface area contributed by atoms with Crippen LogP contribution >= 0.6 is 11.6 Å². The molecular formula is C16H11ClN2O2. The van der Waals surface area contributed by atoms with Gasteiger partial charge >= 0.3 is 5.97 Å². The van der Waals surface area contributed by atoms with E-state index in [4.69, 9.17) is 16.3 Å². The third-order valence-electron chi connectivity index (χ3n) is 3.03. The van der Waals surface area contributed by atoms with Gasteiger partial charge in [-0.15, -0.1) is 0 Å². The van der Waals surface area contributed by atoms with Gasteiger partial charge in [0.1, 0.15) is 11.8 Å². The molecule has 0 aliphatic heterocycles. The molecule has 0 radical (unpaired) electrons. The number of fused-ring (bicyclic) bond motifs is 1. The van der Waals surface area contributed by atoms with Crippen molar-refractivity contribution in [3.8, 4) is 0 Å². The minimum absolute atomic E-state index is 0.152. The van der Waals surface area contributed by atoms with Gasteiger partial charge in [-0.3, -0.25) is 4.98 Å². The fourth-order valence-electron chi connectivity index (χ4n) is 1.99. The standard InChI is InChI=1S/C16H11ClN2O2/c17-15-6-5-11(9-19-15)10-21-16(20)13-7-8-18-14-4-2-1-3-12(13)14/h1-9H,10H2. The molecule has 0 unspecified atom stereocenters. The van der Waals surface area contributed by atoms with E-state index in [-0.39, 0.29) is 12.6 Å². The lowest BCUT2D eigenvalue weighted by atomic mass is 10.1. The van der Waals surface area contributed by atoms with Crippen molar-refractivity contribution in [2.24, 2.45) is 0 Å². The van der Waals surface area contributed by atoms with Gasteiger partial charge in [-0.1, -0.05) is 35.9 Å². The molecule has 0 aliphatic rings. The first-order chi connectivity index (χ1) is 10.2. The second kappa shape index (κ2) is 5.89. The zero-order chi connectivity index (χ0) is 14.7. The van der Waals surface area contributed by atoms with Crippen LogP contribution in [0.5, 0.6) is 0 Å². The molecule has 4 nitrogen and oxygen atoms in total. The third-order valence-corrected chi connectivity index (χ3v) is 3.25. The number of carbonyl (C=O) groups is 1. The number of aromatic nitrogens is 2. The van der Waals surface area contributed by atoms with E-state index in [9.17, 15) is 4.79 Å². The van der Waals surface area contributed by atoms with Crippen LogP contribution in [0.4, 0.5) is 0 Å². The van der Waals surface area contributed by atoms with Crippen LogP contribution in [0.2, 0.25) is 5.15 Å². The van der Waals surface area contributed by atoms with Gasteiger partial charge in [-0.25, -0.2) is 9.78 Å². The van der Waals surface area contributed by atoms with Gasteiger partial charge in [0, 0.05) is 23.3 Å². The van der Waals surface area contributed by atoms with Crippen LogP contribution in [0.1, 0.15) is 15.9 Å². The maximum Gasteiger partial charge on any atom is 0.339 e.